The van der Waals surface area contributed by atoms with Crippen LogP contribution >= 0.6 is 0 Å². The molecule has 98 valence electrons. The predicted molar refractivity (Wildman–Crippen MR) is 72.6 cm³/mol. The van der Waals surface area contributed by atoms with Crippen molar-refractivity contribution in [3.8, 4) is 0 Å². The number of benzene rings is 1. The van der Waals surface area contributed by atoms with Gasteiger partial charge >= 0.3 is 0 Å². The molecule has 1 N–H and O–H groups in total. The van der Waals surface area contributed by atoms with Gasteiger partial charge in [0.15, 0.2) is 0 Å². The topological polar surface area (TPSA) is 53.2 Å². The van der Waals surface area contributed by atoms with E-state index >= 15 is 0 Å². The largest absolute Gasteiger partial charge is 0.361 e. The van der Waals surface area contributed by atoms with Crippen molar-refractivity contribution in [1.29, 1.82) is 0 Å². The summed E-state index contributed by atoms with van der Waals surface area (Å²) in [6.45, 7) is 2.42. The second-order valence-electron chi connectivity index (χ2n) is 5.08. The Hall–Kier alpha value is -2.10. The van der Waals surface area contributed by atoms with Gasteiger partial charge in [-0.05, 0) is 6.07 Å². The molecule has 4 heteroatoms. The third kappa shape index (κ3) is 1.84. The Bertz CT molecular complexity index is 630. The highest BCUT2D eigenvalue weighted by molar-refractivity contribution is 5.87. The Morgan fingerprint density at radius 2 is 2.16 bits per heavy atom. The van der Waals surface area contributed by atoms with Crippen molar-refractivity contribution in [3.63, 3.8) is 0 Å². The Morgan fingerprint density at radius 3 is 2.95 bits per heavy atom. The van der Waals surface area contributed by atoms with Gasteiger partial charge in [-0.25, -0.2) is 0 Å². The normalized spacial score (nSPS) is 23.8. The number of para-hydroxylation sites is 1. The smallest absolute Gasteiger partial charge is 0.210 e. The summed E-state index contributed by atoms with van der Waals surface area (Å²) in [5, 5.41) is 1.08. The van der Waals surface area contributed by atoms with Gasteiger partial charge in [0.05, 0.1) is 6.04 Å². The van der Waals surface area contributed by atoms with E-state index in [1.165, 1.54) is 0 Å². The molecule has 1 amide bonds. The van der Waals surface area contributed by atoms with Gasteiger partial charge in [0.25, 0.3) is 0 Å². The lowest BCUT2D eigenvalue weighted by atomic mass is 9.85. The number of aromatic amines is 1. The summed E-state index contributed by atoms with van der Waals surface area (Å²) >= 11 is 0. The molecule has 1 aromatic carbocycles. The van der Waals surface area contributed by atoms with E-state index in [2.05, 4.69) is 4.98 Å². The van der Waals surface area contributed by atoms with Crippen LogP contribution in [-0.2, 0) is 9.59 Å². The minimum Gasteiger partial charge on any atom is -0.361 e. The van der Waals surface area contributed by atoms with E-state index in [9.17, 15) is 9.59 Å². The van der Waals surface area contributed by atoms with Crippen LogP contribution in [0.4, 0.5) is 0 Å². The summed E-state index contributed by atoms with van der Waals surface area (Å²) < 4.78 is 0. The lowest BCUT2D eigenvalue weighted by molar-refractivity contribution is -0.133. The van der Waals surface area contributed by atoms with Gasteiger partial charge < -0.3 is 9.88 Å². The molecule has 0 radical (unpaired) electrons. The van der Waals surface area contributed by atoms with E-state index < -0.39 is 0 Å². The third-order valence-corrected chi connectivity index (χ3v) is 4.03. The number of nitrogens with zero attached hydrogens (tertiary/aromatic N) is 1. The Morgan fingerprint density at radius 1 is 1.37 bits per heavy atom. The fraction of sp³-hybridized carbons (Fsp3) is 0.333. The van der Waals surface area contributed by atoms with Gasteiger partial charge in [0.1, 0.15) is 5.78 Å². The SMILES string of the molecule is C[C@H]1C(=O)CCN(C=O)[C@@H]1c1c[nH]c2ccccc12. The lowest BCUT2D eigenvalue weighted by Gasteiger charge is -2.36. The van der Waals surface area contributed by atoms with Crippen molar-refractivity contribution in [2.75, 3.05) is 6.54 Å². The Labute approximate surface area is 111 Å². The molecule has 0 bridgehead atoms. The molecule has 1 aliphatic heterocycles. The molecule has 19 heavy (non-hydrogen) atoms. The monoisotopic (exact) mass is 256 g/mol. The quantitative estimate of drug-likeness (QED) is 0.838. The van der Waals surface area contributed by atoms with Gasteiger partial charge in [-0.3, -0.25) is 9.59 Å². The van der Waals surface area contributed by atoms with Gasteiger partial charge in [-0.15, -0.1) is 0 Å². The van der Waals surface area contributed by atoms with Crippen molar-refractivity contribution < 1.29 is 9.59 Å². The fourth-order valence-electron chi connectivity index (χ4n) is 2.97. The van der Waals surface area contributed by atoms with E-state index in [0.717, 1.165) is 22.9 Å². The summed E-state index contributed by atoms with van der Waals surface area (Å²) in [6.07, 6.45) is 3.23. The van der Waals surface area contributed by atoms with Crippen LogP contribution < -0.4 is 0 Å². The average molecular weight is 256 g/mol. The average Bonchev–Trinajstić information content (AvgIpc) is 2.85. The number of fused-ring (bicyclic) bond motifs is 1. The first kappa shape index (κ1) is 12.0. The van der Waals surface area contributed by atoms with Crippen LogP contribution in [0, 0.1) is 5.92 Å². The summed E-state index contributed by atoms with van der Waals surface area (Å²) in [5.74, 6) is 0.0755. The van der Waals surface area contributed by atoms with Crippen molar-refractivity contribution in [2.24, 2.45) is 5.92 Å². The zero-order valence-corrected chi connectivity index (χ0v) is 10.8. The molecular formula is C15H16N2O2. The fourth-order valence-corrected chi connectivity index (χ4v) is 2.97. The minimum absolute atomic E-state index is 0.154. The molecule has 0 saturated carbocycles. The first-order chi connectivity index (χ1) is 9.22. The molecule has 4 nitrogen and oxygen atoms in total. The highest BCUT2D eigenvalue weighted by Crippen LogP contribution is 2.36. The summed E-state index contributed by atoms with van der Waals surface area (Å²) in [5.41, 5.74) is 2.07. The molecule has 2 aromatic rings. The van der Waals surface area contributed by atoms with Crippen LogP contribution in [0.1, 0.15) is 24.9 Å². The Kier molecular flexibility index (Phi) is 2.85. The van der Waals surface area contributed by atoms with E-state index in [0.29, 0.717) is 13.0 Å². The molecule has 1 aliphatic rings. The first-order valence-corrected chi connectivity index (χ1v) is 6.52. The number of ketones is 1. The third-order valence-electron chi connectivity index (χ3n) is 4.03. The number of likely N-dealkylation sites (tertiary alicyclic amines) is 1. The summed E-state index contributed by atoms with van der Waals surface area (Å²) in [6, 6.07) is 7.81. The summed E-state index contributed by atoms with van der Waals surface area (Å²) in [4.78, 5) is 28.2. The van der Waals surface area contributed by atoms with Crippen molar-refractivity contribution in [3.05, 3.63) is 36.0 Å². The molecule has 0 unspecified atom stereocenters. The van der Waals surface area contributed by atoms with Crippen LogP contribution in [0.5, 0.6) is 0 Å². The van der Waals surface area contributed by atoms with Crippen LogP contribution in [-0.4, -0.2) is 28.6 Å². The molecular weight excluding hydrogens is 240 g/mol. The van der Waals surface area contributed by atoms with E-state index in [4.69, 9.17) is 0 Å². The Balaban J connectivity index is 2.11. The molecule has 2 atom stereocenters. The molecule has 0 aliphatic carbocycles. The maximum Gasteiger partial charge on any atom is 0.210 e. The number of carbonyl (C=O) groups is 2. The number of aromatic nitrogens is 1. The molecule has 3 rings (SSSR count). The zero-order valence-electron chi connectivity index (χ0n) is 10.8. The van der Waals surface area contributed by atoms with Gasteiger partial charge in [0.2, 0.25) is 6.41 Å². The van der Waals surface area contributed by atoms with Crippen LogP contribution in [0.25, 0.3) is 10.9 Å². The van der Waals surface area contributed by atoms with Gasteiger partial charge in [-0.2, -0.15) is 0 Å². The standard InChI is InChI=1S/C15H16N2O2/c1-10-14(19)6-7-17(9-18)15(10)12-8-16-13-5-3-2-4-11(12)13/h2-5,8-10,15-16H,6-7H2,1H3/t10-,15-/m0/s1. The van der Waals surface area contributed by atoms with Crippen molar-refractivity contribution in [2.45, 2.75) is 19.4 Å². The second kappa shape index (κ2) is 4.53. The second-order valence-corrected chi connectivity index (χ2v) is 5.08. The number of rotatable bonds is 2. The van der Waals surface area contributed by atoms with Crippen LogP contribution in [0.3, 0.4) is 0 Å². The molecule has 1 aromatic heterocycles. The maximum absolute atomic E-state index is 11.9. The lowest BCUT2D eigenvalue weighted by Crippen LogP contribution is -2.41. The molecule has 1 saturated heterocycles. The molecule has 0 spiro atoms. The van der Waals surface area contributed by atoms with E-state index in [1.807, 2.05) is 37.4 Å². The molecule has 2 heterocycles. The number of piperidine rings is 1. The van der Waals surface area contributed by atoms with Crippen molar-refractivity contribution in [1.82, 2.24) is 9.88 Å². The minimum atomic E-state index is -0.158. The maximum atomic E-state index is 11.9. The highest BCUT2D eigenvalue weighted by Gasteiger charge is 2.35. The molecule has 1 fully saturated rings. The van der Waals surface area contributed by atoms with Gasteiger partial charge in [-0.1, -0.05) is 25.1 Å². The highest BCUT2D eigenvalue weighted by atomic mass is 16.1. The zero-order chi connectivity index (χ0) is 13.4. The van der Waals surface area contributed by atoms with E-state index in [-0.39, 0.29) is 17.7 Å². The first-order valence-electron chi connectivity index (χ1n) is 6.52. The predicted octanol–water partition coefficient (Wildman–Crippen LogP) is 2.28. The number of amides is 1. The number of H-pyrrole nitrogens is 1. The number of Topliss-reactive ketones (excluding diaryl/α,β-unsaturated/α-hetero) is 1. The van der Waals surface area contributed by atoms with Crippen LogP contribution in [0.15, 0.2) is 30.5 Å². The van der Waals surface area contributed by atoms with E-state index in [1.54, 1.807) is 4.90 Å². The van der Waals surface area contributed by atoms with Crippen molar-refractivity contribution >= 4 is 23.1 Å². The summed E-state index contributed by atoms with van der Waals surface area (Å²) in [7, 11) is 0. The van der Waals surface area contributed by atoms with Crippen LogP contribution in [0.2, 0.25) is 0 Å². The number of hydrogen-bond acceptors (Lipinski definition) is 2. The number of hydrogen-bond donors (Lipinski definition) is 1. The van der Waals surface area contributed by atoms with Gasteiger partial charge in [0, 0.05) is 41.5 Å². The number of nitrogens with one attached hydrogen (secondary N) is 1. The number of carbonyl (C=O) groups excluding carboxylic acids is 2.